The molecule has 7 aromatic rings. The number of pyridine rings is 2. The number of halogens is 6. The molecule has 29 heteroatoms. The van der Waals surface area contributed by atoms with E-state index in [-0.39, 0.29) is 164 Å². The number of allylic oxidation sites excluding steroid dienone is 1. The number of hydrogen-bond donors (Lipinski definition) is 5. The van der Waals surface area contributed by atoms with Gasteiger partial charge in [0.05, 0.1) is 131 Å². The highest BCUT2D eigenvalue weighted by Crippen LogP contribution is 2.34. The number of carbonyl (C=O) groups is 4. The minimum atomic E-state index is -4.71. The van der Waals surface area contributed by atoms with Gasteiger partial charge in [0.1, 0.15) is 11.1 Å². The standard InChI is InChI=1S/C69H73F6N11O12/c1-4-7-60(83-52-16-12-48(44-76)13-17-52)56-42-58(66(91)84(46(56)2)54-10-5-8-50(40-54)68(70,71)72)64(89)80-26-30-95-34-38-97-36-32-93-28-24-78-62(87)20-21-63(88)79-25-29-94-33-37-98-39-35-96-31-27-81-65(90)59-43-57(61-22-23-82-86(61)53-18-14-49(45-77)15-19-53)47(3)85(67(59)92)55-11-6-9-51(41-55)69(73,74)75/h5-19,22-23,40-43,83H,4,20-21,24-39H2,1-3H3,(H,78,87)(H,79,88)(H,80,89)(H,81,90)/b60-7-. The summed E-state index contributed by atoms with van der Waals surface area (Å²) in [5, 5.41) is 36.8. The monoisotopic (exact) mass is 1360 g/mol. The number of carbonyl (C=O) groups excluding carboxylic acids is 4. The van der Waals surface area contributed by atoms with Crippen molar-refractivity contribution in [3.8, 4) is 40.5 Å². The highest BCUT2D eigenvalue weighted by molar-refractivity contribution is 5.96. The Morgan fingerprint density at radius 2 is 0.929 bits per heavy atom. The second-order valence-electron chi connectivity index (χ2n) is 21.5. The van der Waals surface area contributed by atoms with E-state index in [1.54, 1.807) is 68.4 Å². The molecule has 23 nitrogen and oxygen atoms in total. The summed E-state index contributed by atoms with van der Waals surface area (Å²) in [4.78, 5) is 79.7. The van der Waals surface area contributed by atoms with Crippen LogP contribution in [0.2, 0.25) is 0 Å². The Hall–Kier alpha value is -10.3. The molecule has 0 radical (unpaired) electrons. The maximum Gasteiger partial charge on any atom is 0.416 e. The summed E-state index contributed by atoms with van der Waals surface area (Å²) in [7, 11) is 0. The van der Waals surface area contributed by atoms with Crippen LogP contribution >= 0.6 is 0 Å². The Balaban J connectivity index is 0.709. The first-order valence-corrected chi connectivity index (χ1v) is 31.1. The van der Waals surface area contributed by atoms with Gasteiger partial charge in [-0.05, 0) is 123 Å². The topological polar surface area (TPSA) is 293 Å². The second kappa shape index (κ2) is 37.3. The molecule has 0 aliphatic rings. The van der Waals surface area contributed by atoms with Crippen LogP contribution in [0.3, 0.4) is 0 Å². The molecule has 4 amide bonds. The summed E-state index contributed by atoms with van der Waals surface area (Å²) in [5.41, 5.74) is -0.437. The Morgan fingerprint density at radius 1 is 0.510 bits per heavy atom. The van der Waals surface area contributed by atoms with Crippen molar-refractivity contribution in [1.29, 1.82) is 10.5 Å². The first-order valence-electron chi connectivity index (χ1n) is 31.1. The molecule has 4 aromatic carbocycles. The first kappa shape index (κ1) is 75.1. The quantitative estimate of drug-likeness (QED) is 0.0180. The summed E-state index contributed by atoms with van der Waals surface area (Å²) in [5.74, 6) is -2.26. The van der Waals surface area contributed by atoms with Gasteiger partial charge in [-0.25, -0.2) is 4.68 Å². The van der Waals surface area contributed by atoms with Crippen molar-refractivity contribution in [1.82, 2.24) is 40.2 Å². The molecule has 0 bridgehead atoms. The van der Waals surface area contributed by atoms with E-state index in [1.807, 2.05) is 25.1 Å². The van der Waals surface area contributed by atoms with Crippen LogP contribution in [0.1, 0.15) is 86.1 Å². The van der Waals surface area contributed by atoms with Gasteiger partial charge < -0.3 is 55.0 Å². The van der Waals surface area contributed by atoms with E-state index in [2.05, 4.69) is 31.7 Å². The van der Waals surface area contributed by atoms with Gasteiger partial charge in [-0.2, -0.15) is 42.0 Å². The van der Waals surface area contributed by atoms with Crippen molar-refractivity contribution in [3.63, 3.8) is 0 Å². The van der Waals surface area contributed by atoms with Crippen LogP contribution in [0, 0.1) is 36.5 Å². The van der Waals surface area contributed by atoms with Gasteiger partial charge in [0.2, 0.25) is 11.8 Å². The number of amides is 4. The number of hydrogen-bond acceptors (Lipinski definition) is 16. The van der Waals surface area contributed by atoms with E-state index in [1.165, 1.54) is 47.3 Å². The molecule has 98 heavy (non-hydrogen) atoms. The van der Waals surface area contributed by atoms with Gasteiger partial charge >= 0.3 is 12.4 Å². The van der Waals surface area contributed by atoms with Crippen LogP contribution < -0.4 is 37.7 Å². The smallest absolute Gasteiger partial charge is 0.377 e. The number of nitrogens with one attached hydrogen (secondary N) is 5. The fraction of sp³-hybridized carbons (Fsp3) is 0.348. The van der Waals surface area contributed by atoms with Crippen LogP contribution in [0.4, 0.5) is 32.0 Å². The van der Waals surface area contributed by atoms with E-state index < -0.39 is 46.4 Å². The molecule has 0 atom stereocenters. The Morgan fingerprint density at radius 3 is 1.37 bits per heavy atom. The number of benzene rings is 4. The van der Waals surface area contributed by atoms with E-state index in [4.69, 9.17) is 28.4 Å². The zero-order valence-corrected chi connectivity index (χ0v) is 53.9. The predicted octanol–water partition coefficient (Wildman–Crippen LogP) is 8.37. The van der Waals surface area contributed by atoms with Crippen molar-refractivity contribution in [3.05, 3.63) is 199 Å². The predicted molar refractivity (Wildman–Crippen MR) is 349 cm³/mol. The van der Waals surface area contributed by atoms with Crippen LogP contribution in [0.25, 0.3) is 34.0 Å². The fourth-order valence-corrected chi connectivity index (χ4v) is 9.81. The van der Waals surface area contributed by atoms with Gasteiger partial charge in [0.25, 0.3) is 22.9 Å². The molecule has 3 aromatic heterocycles. The number of nitriles is 2. The number of rotatable bonds is 37. The SMILES string of the molecule is CC/C=C(\Nc1ccc(C#N)cc1)c1cc(C(=O)NCCOCCOCCOCCNC(=O)CCC(=O)NCCOCCOCCOCCNC(=O)c2cc(-c3ccnn3-c3ccc(C#N)cc3)c(C)n(-c3cccc(C(F)(F)F)c3)c2=O)c(=O)n(-c2cccc(C(F)(F)F)c2)c1C. The zero-order valence-electron chi connectivity index (χ0n) is 53.9. The number of aromatic nitrogens is 4. The Bertz CT molecular complexity index is 4100. The molecule has 0 unspecified atom stereocenters. The molecule has 0 saturated heterocycles. The van der Waals surface area contributed by atoms with Crippen molar-refractivity contribution < 1.29 is 73.9 Å². The van der Waals surface area contributed by atoms with E-state index in [9.17, 15) is 65.6 Å². The van der Waals surface area contributed by atoms with Gasteiger partial charge in [-0.3, -0.25) is 37.9 Å². The van der Waals surface area contributed by atoms with E-state index in [0.717, 1.165) is 33.4 Å². The summed E-state index contributed by atoms with van der Waals surface area (Å²) >= 11 is 0. The Labute approximate surface area is 559 Å². The highest BCUT2D eigenvalue weighted by Gasteiger charge is 2.33. The molecule has 5 N–H and O–H groups in total. The van der Waals surface area contributed by atoms with E-state index >= 15 is 0 Å². The third kappa shape index (κ3) is 21.9. The molecule has 0 aliphatic carbocycles. The minimum Gasteiger partial charge on any atom is -0.377 e. The van der Waals surface area contributed by atoms with Crippen molar-refractivity contribution in [2.45, 2.75) is 52.4 Å². The lowest BCUT2D eigenvalue weighted by Gasteiger charge is -2.20. The average Bonchev–Trinajstić information content (AvgIpc) is 1.11. The van der Waals surface area contributed by atoms with Gasteiger partial charge in [-0.1, -0.05) is 25.1 Å². The van der Waals surface area contributed by atoms with Crippen LogP contribution in [-0.2, 0) is 50.4 Å². The average molecular weight is 1360 g/mol. The zero-order chi connectivity index (χ0) is 70.6. The van der Waals surface area contributed by atoms with Crippen LogP contribution in [0.15, 0.2) is 137 Å². The van der Waals surface area contributed by atoms with Crippen molar-refractivity contribution >= 4 is 35.0 Å². The molecule has 0 spiro atoms. The summed E-state index contributed by atoms with van der Waals surface area (Å²) in [6.45, 7) is 7.29. The normalized spacial score (nSPS) is 11.6. The number of alkyl halides is 6. The summed E-state index contributed by atoms with van der Waals surface area (Å²) < 4.78 is 120. The Kier molecular flexibility index (Phi) is 28.6. The molecule has 0 fully saturated rings. The number of anilines is 1. The summed E-state index contributed by atoms with van der Waals surface area (Å²) in [6.07, 6.45) is -5.70. The maximum atomic E-state index is 14.0. The number of ether oxygens (including phenoxy) is 6. The molecule has 518 valence electrons. The van der Waals surface area contributed by atoms with Gasteiger partial charge in [0, 0.05) is 84.3 Å². The fourth-order valence-electron chi connectivity index (χ4n) is 9.81. The minimum absolute atomic E-state index is 0.0151. The molecular formula is C69H73F6N11O12. The van der Waals surface area contributed by atoms with Gasteiger partial charge in [0.15, 0.2) is 0 Å². The second-order valence-corrected chi connectivity index (χ2v) is 21.5. The highest BCUT2D eigenvalue weighted by atomic mass is 19.4. The summed E-state index contributed by atoms with van der Waals surface area (Å²) in [6, 6.07) is 30.0. The molecule has 0 saturated carbocycles. The van der Waals surface area contributed by atoms with Crippen LogP contribution in [-0.4, -0.2) is 148 Å². The van der Waals surface area contributed by atoms with Crippen LogP contribution in [0.5, 0.6) is 0 Å². The van der Waals surface area contributed by atoms with Crippen molar-refractivity contribution in [2.75, 3.05) is 111 Å². The first-order chi connectivity index (χ1) is 47.1. The van der Waals surface area contributed by atoms with E-state index in [0.29, 0.717) is 51.4 Å². The lowest BCUT2D eigenvalue weighted by atomic mass is 10.0. The number of nitrogens with zero attached hydrogens (tertiary/aromatic N) is 6. The van der Waals surface area contributed by atoms with Gasteiger partial charge in [-0.15, -0.1) is 0 Å². The van der Waals surface area contributed by atoms with Crippen molar-refractivity contribution in [2.24, 2.45) is 0 Å². The lowest BCUT2D eigenvalue weighted by Crippen LogP contribution is -2.35. The maximum absolute atomic E-state index is 14.0. The lowest BCUT2D eigenvalue weighted by molar-refractivity contribution is -0.138. The largest absolute Gasteiger partial charge is 0.416 e. The molecular weight excluding hydrogens is 1290 g/mol. The molecule has 0 aliphatic heterocycles. The third-order valence-corrected chi connectivity index (χ3v) is 14.7. The molecule has 3 heterocycles. The molecule has 7 rings (SSSR count). The third-order valence-electron chi connectivity index (χ3n) is 14.7.